The summed E-state index contributed by atoms with van der Waals surface area (Å²) in [5.74, 6) is -0.916. The molecule has 0 atom stereocenters. The zero-order valence-electron chi connectivity index (χ0n) is 9.70. The fourth-order valence-corrected chi connectivity index (χ4v) is 2.42. The highest BCUT2D eigenvalue weighted by molar-refractivity contribution is 7.99. The number of rotatable bonds is 3. The molecule has 2 N–H and O–H groups in total. The van der Waals surface area contributed by atoms with Crippen LogP contribution < -0.4 is 0 Å². The zero-order chi connectivity index (χ0) is 13.8. The van der Waals surface area contributed by atoms with E-state index in [1.54, 1.807) is 24.3 Å². The van der Waals surface area contributed by atoms with Gasteiger partial charge in [-0.2, -0.15) is 5.26 Å². The molecule has 0 aliphatic rings. The molecule has 2 rings (SSSR count). The Bertz CT molecular complexity index is 659. The first-order valence-electron chi connectivity index (χ1n) is 5.34. The maximum atomic E-state index is 11.2. The average molecular weight is 271 g/mol. The van der Waals surface area contributed by atoms with Crippen LogP contribution in [-0.2, 0) is 0 Å². The summed E-state index contributed by atoms with van der Waals surface area (Å²) in [6.07, 6.45) is 0. The van der Waals surface area contributed by atoms with Crippen molar-refractivity contribution in [2.45, 2.75) is 9.79 Å². The Hall–Kier alpha value is -2.45. The zero-order valence-corrected chi connectivity index (χ0v) is 10.5. The highest BCUT2D eigenvalue weighted by atomic mass is 32.2. The molecule has 0 saturated carbocycles. The van der Waals surface area contributed by atoms with Crippen LogP contribution in [0.15, 0.2) is 52.3 Å². The van der Waals surface area contributed by atoms with Gasteiger partial charge in [-0.3, -0.25) is 0 Å². The van der Waals surface area contributed by atoms with Gasteiger partial charge >= 0.3 is 5.97 Å². The lowest BCUT2D eigenvalue weighted by Crippen LogP contribution is -1.99. The van der Waals surface area contributed by atoms with E-state index in [1.807, 2.05) is 6.07 Å². The third kappa shape index (κ3) is 3.06. The molecule has 0 fully saturated rings. The van der Waals surface area contributed by atoms with Gasteiger partial charge in [0.05, 0.1) is 17.2 Å². The number of carboxylic acids is 1. The van der Waals surface area contributed by atoms with Gasteiger partial charge in [0, 0.05) is 9.79 Å². The first kappa shape index (κ1) is 13.0. The van der Waals surface area contributed by atoms with Crippen molar-refractivity contribution in [3.8, 4) is 11.8 Å². The highest BCUT2D eigenvalue weighted by Crippen LogP contribution is 2.31. The number of benzene rings is 2. The molecule has 2 aromatic rings. The van der Waals surface area contributed by atoms with E-state index in [-0.39, 0.29) is 11.3 Å². The number of aromatic hydroxyl groups is 1. The molecule has 0 spiro atoms. The molecule has 0 unspecified atom stereocenters. The summed E-state index contributed by atoms with van der Waals surface area (Å²) in [6.45, 7) is 0. The molecule has 2 aromatic carbocycles. The molecule has 0 aliphatic heterocycles. The lowest BCUT2D eigenvalue weighted by molar-refractivity contribution is 0.0693. The molecule has 5 heteroatoms. The van der Waals surface area contributed by atoms with Gasteiger partial charge in [-0.15, -0.1) is 0 Å². The molecule has 94 valence electrons. The second-order valence-electron chi connectivity index (χ2n) is 3.72. The Labute approximate surface area is 113 Å². The molecule has 0 bridgehead atoms. The van der Waals surface area contributed by atoms with Crippen LogP contribution in [-0.4, -0.2) is 16.2 Å². The lowest BCUT2D eigenvalue weighted by Gasteiger charge is -2.06. The normalized spacial score (nSPS) is 9.84. The van der Waals surface area contributed by atoms with Gasteiger partial charge < -0.3 is 10.2 Å². The third-order valence-electron chi connectivity index (χ3n) is 2.40. The number of nitrogens with zero attached hydrogens (tertiary/aromatic N) is 1. The maximum Gasteiger partial charge on any atom is 0.336 e. The molecular formula is C14H9NO3S. The monoisotopic (exact) mass is 271 g/mol. The number of phenolic OH excluding ortho intramolecular Hbond substituents is 1. The molecule has 19 heavy (non-hydrogen) atoms. The van der Waals surface area contributed by atoms with E-state index >= 15 is 0 Å². The number of carbonyl (C=O) groups is 1. The number of phenols is 1. The molecule has 0 amide bonds. The largest absolute Gasteiger partial charge is 0.508 e. The van der Waals surface area contributed by atoms with Crippen molar-refractivity contribution in [2.24, 2.45) is 0 Å². The summed E-state index contributed by atoms with van der Waals surface area (Å²) in [4.78, 5) is 12.5. The highest BCUT2D eigenvalue weighted by Gasteiger charge is 2.12. The molecule has 0 aromatic heterocycles. The van der Waals surface area contributed by atoms with E-state index in [4.69, 9.17) is 10.4 Å². The van der Waals surface area contributed by atoms with Crippen molar-refractivity contribution in [3.63, 3.8) is 0 Å². The average Bonchev–Trinajstić information content (AvgIpc) is 2.41. The van der Waals surface area contributed by atoms with Gasteiger partial charge in [0.25, 0.3) is 0 Å². The van der Waals surface area contributed by atoms with Gasteiger partial charge in [-0.05, 0) is 42.5 Å². The van der Waals surface area contributed by atoms with Crippen LogP contribution in [0.4, 0.5) is 0 Å². The summed E-state index contributed by atoms with van der Waals surface area (Å²) in [5.41, 5.74) is 0.407. The lowest BCUT2D eigenvalue weighted by atomic mass is 10.1. The van der Waals surface area contributed by atoms with Crippen molar-refractivity contribution in [2.75, 3.05) is 0 Å². The SMILES string of the molecule is N#Cc1ccc(Sc2ccc(O)cc2)c(C(=O)O)c1. The quantitative estimate of drug-likeness (QED) is 0.896. The van der Waals surface area contributed by atoms with Crippen molar-refractivity contribution < 1.29 is 15.0 Å². The predicted octanol–water partition coefficient (Wildman–Crippen LogP) is 3.11. The fraction of sp³-hybridized carbons (Fsp3) is 0. The van der Waals surface area contributed by atoms with E-state index in [9.17, 15) is 9.90 Å². The minimum Gasteiger partial charge on any atom is -0.508 e. The molecule has 4 nitrogen and oxygen atoms in total. The Morgan fingerprint density at radius 3 is 2.42 bits per heavy atom. The second kappa shape index (κ2) is 5.46. The van der Waals surface area contributed by atoms with Crippen LogP contribution in [0.5, 0.6) is 5.75 Å². The van der Waals surface area contributed by atoms with Gasteiger partial charge in [0.1, 0.15) is 5.75 Å². The number of hydrogen-bond donors (Lipinski definition) is 2. The van der Waals surface area contributed by atoms with Crippen molar-refractivity contribution in [1.29, 1.82) is 5.26 Å². The minimum atomic E-state index is -1.07. The summed E-state index contributed by atoms with van der Waals surface area (Å²) in [6, 6.07) is 12.9. The van der Waals surface area contributed by atoms with E-state index in [1.165, 1.54) is 30.0 Å². The van der Waals surface area contributed by atoms with Crippen LogP contribution in [0.1, 0.15) is 15.9 Å². The van der Waals surface area contributed by atoms with Gasteiger partial charge in [0.2, 0.25) is 0 Å². The number of nitriles is 1. The molecule has 0 saturated heterocycles. The molecule has 0 aliphatic carbocycles. The Kier molecular flexibility index (Phi) is 3.74. The van der Waals surface area contributed by atoms with Gasteiger partial charge in [-0.1, -0.05) is 11.8 Å². The standard InChI is InChI=1S/C14H9NO3S/c15-8-9-1-6-13(12(7-9)14(17)18)19-11-4-2-10(16)3-5-11/h1-7,16H,(H,17,18). The van der Waals surface area contributed by atoms with Crippen LogP contribution in [0.25, 0.3) is 0 Å². The topological polar surface area (TPSA) is 81.3 Å². The minimum absolute atomic E-state index is 0.0946. The first-order valence-corrected chi connectivity index (χ1v) is 6.16. The van der Waals surface area contributed by atoms with Crippen LogP contribution >= 0.6 is 11.8 Å². The van der Waals surface area contributed by atoms with E-state index in [0.717, 1.165) is 4.90 Å². The summed E-state index contributed by atoms with van der Waals surface area (Å²) >= 11 is 1.27. The van der Waals surface area contributed by atoms with Crippen LogP contribution in [0.3, 0.4) is 0 Å². The van der Waals surface area contributed by atoms with Crippen LogP contribution in [0.2, 0.25) is 0 Å². The maximum absolute atomic E-state index is 11.2. The van der Waals surface area contributed by atoms with E-state index < -0.39 is 5.97 Å². The first-order chi connectivity index (χ1) is 9.10. The predicted molar refractivity (Wildman–Crippen MR) is 70.3 cm³/mol. The number of carboxylic acid groups (broad SMARTS) is 1. The van der Waals surface area contributed by atoms with Gasteiger partial charge in [0.15, 0.2) is 0 Å². The van der Waals surface area contributed by atoms with Crippen molar-refractivity contribution in [3.05, 3.63) is 53.6 Å². The van der Waals surface area contributed by atoms with E-state index in [0.29, 0.717) is 10.5 Å². The van der Waals surface area contributed by atoms with Crippen molar-refractivity contribution >= 4 is 17.7 Å². The fourth-order valence-electron chi connectivity index (χ4n) is 1.50. The van der Waals surface area contributed by atoms with Gasteiger partial charge in [-0.25, -0.2) is 4.79 Å². The number of hydrogen-bond acceptors (Lipinski definition) is 4. The molecular weight excluding hydrogens is 262 g/mol. The Balaban J connectivity index is 2.37. The molecule has 0 heterocycles. The number of aromatic carboxylic acids is 1. The Morgan fingerprint density at radius 2 is 1.84 bits per heavy atom. The molecule has 0 radical (unpaired) electrons. The smallest absolute Gasteiger partial charge is 0.336 e. The van der Waals surface area contributed by atoms with Crippen molar-refractivity contribution in [1.82, 2.24) is 0 Å². The second-order valence-corrected chi connectivity index (χ2v) is 4.84. The Morgan fingerprint density at radius 1 is 1.16 bits per heavy atom. The third-order valence-corrected chi connectivity index (χ3v) is 3.49. The summed E-state index contributed by atoms with van der Waals surface area (Å²) in [7, 11) is 0. The summed E-state index contributed by atoms with van der Waals surface area (Å²) in [5, 5.41) is 27.1. The summed E-state index contributed by atoms with van der Waals surface area (Å²) < 4.78 is 0. The van der Waals surface area contributed by atoms with Crippen LogP contribution in [0, 0.1) is 11.3 Å². The van der Waals surface area contributed by atoms with E-state index in [2.05, 4.69) is 0 Å².